The van der Waals surface area contributed by atoms with E-state index in [9.17, 15) is 0 Å². The average Bonchev–Trinajstić information content (AvgIpc) is 2.46. The van der Waals surface area contributed by atoms with E-state index in [4.69, 9.17) is 0 Å². The third-order valence-corrected chi connectivity index (χ3v) is 2.67. The van der Waals surface area contributed by atoms with Gasteiger partial charge in [0.1, 0.15) is 17.5 Å². The van der Waals surface area contributed by atoms with E-state index in [0.29, 0.717) is 0 Å². The van der Waals surface area contributed by atoms with Crippen LogP contribution in [0.4, 0.5) is 11.6 Å². The number of rotatable bonds is 6. The van der Waals surface area contributed by atoms with E-state index >= 15 is 0 Å². The first-order valence-electron chi connectivity index (χ1n) is 6.56. The highest BCUT2D eigenvalue weighted by Gasteiger charge is 2.02. The molecule has 0 aromatic carbocycles. The van der Waals surface area contributed by atoms with Crippen LogP contribution in [0, 0.1) is 0 Å². The minimum atomic E-state index is 0.730. The molecule has 0 atom stereocenters. The molecule has 0 aliphatic heterocycles. The van der Waals surface area contributed by atoms with Crippen LogP contribution in [0.1, 0.15) is 25.2 Å². The first-order chi connectivity index (χ1) is 9.31. The Balaban J connectivity index is 2.08. The molecule has 0 amide bonds. The molecular weight excluding hydrogens is 238 g/mol. The maximum absolute atomic E-state index is 4.47. The molecule has 2 heterocycles. The molecule has 2 rings (SSSR count). The van der Waals surface area contributed by atoms with Gasteiger partial charge >= 0.3 is 0 Å². The van der Waals surface area contributed by atoms with Crippen LogP contribution in [-0.4, -0.2) is 21.5 Å². The first kappa shape index (κ1) is 13.3. The van der Waals surface area contributed by atoms with E-state index in [-0.39, 0.29) is 0 Å². The Kier molecular flexibility index (Phi) is 4.66. The third-order valence-electron chi connectivity index (χ3n) is 2.67. The lowest BCUT2D eigenvalue weighted by Gasteiger charge is -2.10. The smallest absolute Gasteiger partial charge is 0.132 e. The van der Waals surface area contributed by atoms with E-state index in [2.05, 4.69) is 39.4 Å². The fourth-order valence-electron chi connectivity index (χ4n) is 1.71. The van der Waals surface area contributed by atoms with Crippen molar-refractivity contribution in [2.45, 2.75) is 26.8 Å². The summed E-state index contributed by atoms with van der Waals surface area (Å²) in [5.41, 5.74) is 1.18. The summed E-state index contributed by atoms with van der Waals surface area (Å²) in [6.07, 6.45) is 4.40. The summed E-state index contributed by atoms with van der Waals surface area (Å²) in [7, 11) is 0. The van der Waals surface area contributed by atoms with Gasteiger partial charge in [-0.05, 0) is 24.6 Å². The van der Waals surface area contributed by atoms with Crippen molar-refractivity contribution in [2.24, 2.45) is 0 Å². The summed E-state index contributed by atoms with van der Waals surface area (Å²) in [5.74, 6) is 2.56. The number of pyridine rings is 1. The van der Waals surface area contributed by atoms with Crippen molar-refractivity contribution in [1.82, 2.24) is 15.0 Å². The van der Waals surface area contributed by atoms with Crippen LogP contribution in [0.25, 0.3) is 0 Å². The lowest BCUT2D eigenvalue weighted by molar-refractivity contribution is 0.929. The van der Waals surface area contributed by atoms with Crippen molar-refractivity contribution in [2.75, 3.05) is 17.2 Å². The molecule has 2 N–H and O–H groups in total. The second kappa shape index (κ2) is 6.68. The van der Waals surface area contributed by atoms with Crippen molar-refractivity contribution >= 4 is 11.6 Å². The molecule has 0 saturated carbocycles. The Morgan fingerprint density at radius 2 is 1.68 bits per heavy atom. The zero-order valence-corrected chi connectivity index (χ0v) is 11.3. The van der Waals surface area contributed by atoms with Gasteiger partial charge in [0.05, 0.1) is 0 Å². The van der Waals surface area contributed by atoms with Gasteiger partial charge in [-0.3, -0.25) is 4.98 Å². The second-order valence-corrected chi connectivity index (χ2v) is 4.15. The molecule has 100 valence electrons. The summed E-state index contributed by atoms with van der Waals surface area (Å²) in [5, 5.41) is 6.54. The Hall–Kier alpha value is -2.17. The molecule has 0 aliphatic rings. The number of aromatic nitrogens is 3. The summed E-state index contributed by atoms with van der Waals surface area (Å²) in [4.78, 5) is 12.9. The molecule has 5 nitrogen and oxygen atoms in total. The van der Waals surface area contributed by atoms with E-state index in [1.807, 2.05) is 18.2 Å². The number of hydrogen-bond donors (Lipinski definition) is 2. The van der Waals surface area contributed by atoms with Crippen molar-refractivity contribution < 1.29 is 0 Å². The Morgan fingerprint density at radius 3 is 2.32 bits per heavy atom. The molecule has 0 spiro atoms. The van der Waals surface area contributed by atoms with E-state index in [0.717, 1.165) is 37.0 Å². The zero-order valence-electron chi connectivity index (χ0n) is 11.3. The summed E-state index contributed by atoms with van der Waals surface area (Å²) >= 11 is 0. The predicted octanol–water partition coefficient (Wildman–Crippen LogP) is 2.48. The second-order valence-electron chi connectivity index (χ2n) is 4.15. The number of nitrogens with zero attached hydrogens (tertiary/aromatic N) is 3. The maximum atomic E-state index is 4.47. The highest BCUT2D eigenvalue weighted by molar-refractivity contribution is 5.47. The molecule has 0 unspecified atom stereocenters. The molecule has 2 aromatic heterocycles. The van der Waals surface area contributed by atoms with Crippen LogP contribution < -0.4 is 10.6 Å². The Labute approximate surface area is 113 Å². The van der Waals surface area contributed by atoms with Crippen LogP contribution in [0.3, 0.4) is 0 Å². The fourth-order valence-corrected chi connectivity index (χ4v) is 1.71. The predicted molar refractivity (Wildman–Crippen MR) is 77.1 cm³/mol. The number of aryl methyl sites for hydroxylation is 1. The van der Waals surface area contributed by atoms with Crippen LogP contribution in [0.15, 0.2) is 30.6 Å². The van der Waals surface area contributed by atoms with Crippen LogP contribution in [-0.2, 0) is 13.0 Å². The van der Waals surface area contributed by atoms with Crippen molar-refractivity contribution in [3.05, 3.63) is 42.0 Å². The minimum absolute atomic E-state index is 0.730. The van der Waals surface area contributed by atoms with Gasteiger partial charge in [0.2, 0.25) is 0 Å². The molecule has 0 fully saturated rings. The standard InChI is InChI=1S/C14H19N5/c1-3-12-18-13(16-4-2)9-14(19-12)17-10-11-5-7-15-8-6-11/h5-9H,3-4,10H2,1-2H3,(H2,16,17,18,19). The van der Waals surface area contributed by atoms with E-state index in [1.165, 1.54) is 5.56 Å². The third kappa shape index (κ3) is 3.91. The minimum Gasteiger partial charge on any atom is -0.370 e. The molecule has 2 aromatic rings. The van der Waals surface area contributed by atoms with Crippen molar-refractivity contribution in [3.63, 3.8) is 0 Å². The average molecular weight is 257 g/mol. The van der Waals surface area contributed by atoms with Crippen molar-refractivity contribution in [3.8, 4) is 0 Å². The zero-order chi connectivity index (χ0) is 13.5. The van der Waals surface area contributed by atoms with Gasteiger partial charge < -0.3 is 10.6 Å². The van der Waals surface area contributed by atoms with Crippen LogP contribution in [0.5, 0.6) is 0 Å². The molecule has 5 heteroatoms. The van der Waals surface area contributed by atoms with E-state index in [1.54, 1.807) is 12.4 Å². The lowest BCUT2D eigenvalue weighted by atomic mass is 10.3. The molecule has 0 bridgehead atoms. The SMILES string of the molecule is CCNc1cc(NCc2ccncc2)nc(CC)n1. The maximum Gasteiger partial charge on any atom is 0.132 e. The lowest BCUT2D eigenvalue weighted by Crippen LogP contribution is -2.07. The van der Waals surface area contributed by atoms with Gasteiger partial charge in [-0.15, -0.1) is 0 Å². The largest absolute Gasteiger partial charge is 0.370 e. The van der Waals surface area contributed by atoms with Crippen LogP contribution in [0.2, 0.25) is 0 Å². The highest BCUT2D eigenvalue weighted by Crippen LogP contribution is 2.12. The number of anilines is 2. The van der Waals surface area contributed by atoms with E-state index < -0.39 is 0 Å². The van der Waals surface area contributed by atoms with Gasteiger partial charge in [0.25, 0.3) is 0 Å². The van der Waals surface area contributed by atoms with Gasteiger partial charge in [-0.1, -0.05) is 6.92 Å². The summed E-state index contributed by atoms with van der Waals surface area (Å²) in [6, 6.07) is 5.91. The molecule has 0 aliphatic carbocycles. The molecule has 0 saturated heterocycles. The topological polar surface area (TPSA) is 62.7 Å². The number of nitrogens with one attached hydrogen (secondary N) is 2. The number of hydrogen-bond acceptors (Lipinski definition) is 5. The summed E-state index contributed by atoms with van der Waals surface area (Å²) in [6.45, 7) is 5.69. The monoisotopic (exact) mass is 257 g/mol. The van der Waals surface area contributed by atoms with Gasteiger partial charge in [0, 0.05) is 38.0 Å². The van der Waals surface area contributed by atoms with Crippen molar-refractivity contribution in [1.29, 1.82) is 0 Å². The quantitative estimate of drug-likeness (QED) is 0.832. The normalized spacial score (nSPS) is 10.2. The van der Waals surface area contributed by atoms with Gasteiger partial charge in [0.15, 0.2) is 0 Å². The Morgan fingerprint density at radius 1 is 1.00 bits per heavy atom. The summed E-state index contributed by atoms with van der Waals surface area (Å²) < 4.78 is 0. The first-order valence-corrected chi connectivity index (χ1v) is 6.56. The molecule has 19 heavy (non-hydrogen) atoms. The Bertz CT molecular complexity index is 512. The molecular formula is C14H19N5. The van der Waals surface area contributed by atoms with Crippen LogP contribution >= 0.6 is 0 Å². The highest BCUT2D eigenvalue weighted by atomic mass is 15.1. The van der Waals surface area contributed by atoms with Gasteiger partial charge in [-0.2, -0.15) is 0 Å². The molecule has 0 radical (unpaired) electrons. The fraction of sp³-hybridized carbons (Fsp3) is 0.357. The van der Waals surface area contributed by atoms with Gasteiger partial charge in [-0.25, -0.2) is 9.97 Å².